The number of benzene rings is 1. The van der Waals surface area contributed by atoms with Crippen LogP contribution >= 0.6 is 0 Å². The first-order valence-electron chi connectivity index (χ1n) is 9.23. The molecule has 0 radical (unpaired) electrons. The lowest BCUT2D eigenvalue weighted by molar-refractivity contribution is -0.117. The summed E-state index contributed by atoms with van der Waals surface area (Å²) in [6, 6.07) is 5.48. The third-order valence-corrected chi connectivity index (χ3v) is 4.61. The number of anilines is 2. The fourth-order valence-corrected chi connectivity index (χ4v) is 2.84. The van der Waals surface area contributed by atoms with Crippen LogP contribution in [0, 0.1) is 19.7 Å². The molecular formula is C20H23FN6O3. The van der Waals surface area contributed by atoms with E-state index < -0.39 is 11.7 Å². The van der Waals surface area contributed by atoms with Crippen molar-refractivity contribution in [2.24, 2.45) is 7.05 Å². The van der Waals surface area contributed by atoms with Gasteiger partial charge in [0, 0.05) is 12.7 Å². The number of rotatable bonds is 7. The lowest BCUT2D eigenvalue weighted by atomic mass is 10.2. The van der Waals surface area contributed by atoms with Gasteiger partial charge in [-0.1, -0.05) is 0 Å². The summed E-state index contributed by atoms with van der Waals surface area (Å²) < 4.78 is 21.1. The first kappa shape index (κ1) is 21.2. The van der Waals surface area contributed by atoms with Crippen molar-refractivity contribution in [1.82, 2.24) is 19.7 Å². The number of hydrogen-bond acceptors (Lipinski definition) is 6. The van der Waals surface area contributed by atoms with Crippen LogP contribution in [0.5, 0.6) is 0 Å². The molecule has 10 heteroatoms. The summed E-state index contributed by atoms with van der Waals surface area (Å²) >= 11 is 0. The van der Waals surface area contributed by atoms with Gasteiger partial charge in [-0.15, -0.1) is 10.2 Å². The van der Waals surface area contributed by atoms with Crippen LogP contribution in [0.15, 0.2) is 34.9 Å². The SMILES string of the molecule is Cc1occc1C(=O)Nc1cc(NC(=O)CN(C)Cc2nnc(C)n2C)ccc1F. The molecule has 2 heterocycles. The van der Waals surface area contributed by atoms with Crippen molar-refractivity contribution in [3.05, 3.63) is 59.3 Å². The van der Waals surface area contributed by atoms with Crippen molar-refractivity contribution in [3.63, 3.8) is 0 Å². The molecule has 0 aliphatic carbocycles. The molecule has 0 spiro atoms. The first-order valence-corrected chi connectivity index (χ1v) is 9.23. The highest BCUT2D eigenvalue weighted by molar-refractivity contribution is 6.05. The molecule has 0 unspecified atom stereocenters. The number of hydrogen-bond donors (Lipinski definition) is 2. The Labute approximate surface area is 172 Å². The normalized spacial score (nSPS) is 11.0. The van der Waals surface area contributed by atoms with Gasteiger partial charge in [-0.05, 0) is 45.2 Å². The Hall–Kier alpha value is -3.53. The number of furan rings is 1. The van der Waals surface area contributed by atoms with Gasteiger partial charge in [0.15, 0.2) is 0 Å². The summed E-state index contributed by atoms with van der Waals surface area (Å²) in [7, 11) is 3.64. The number of halogens is 1. The molecule has 158 valence electrons. The molecule has 2 N–H and O–H groups in total. The summed E-state index contributed by atoms with van der Waals surface area (Å²) in [5, 5.41) is 13.3. The van der Waals surface area contributed by atoms with E-state index in [-0.39, 0.29) is 18.1 Å². The molecule has 0 aliphatic rings. The van der Waals surface area contributed by atoms with E-state index in [4.69, 9.17) is 4.42 Å². The van der Waals surface area contributed by atoms with Crippen LogP contribution in [0.1, 0.15) is 27.8 Å². The molecular weight excluding hydrogens is 391 g/mol. The van der Waals surface area contributed by atoms with E-state index in [2.05, 4.69) is 20.8 Å². The predicted molar refractivity (Wildman–Crippen MR) is 109 cm³/mol. The Morgan fingerprint density at radius 1 is 1.20 bits per heavy atom. The number of amides is 2. The molecule has 3 rings (SSSR count). The molecule has 0 aliphatic heterocycles. The largest absolute Gasteiger partial charge is 0.469 e. The maximum atomic E-state index is 14.1. The summed E-state index contributed by atoms with van der Waals surface area (Å²) in [5.74, 6) is 0.558. The molecule has 0 saturated carbocycles. The van der Waals surface area contributed by atoms with Gasteiger partial charge in [-0.2, -0.15) is 0 Å². The van der Waals surface area contributed by atoms with Crippen LogP contribution in [-0.4, -0.2) is 45.1 Å². The number of likely N-dealkylation sites (N-methyl/N-ethyl adjacent to an activating group) is 1. The van der Waals surface area contributed by atoms with Crippen LogP contribution in [0.2, 0.25) is 0 Å². The maximum absolute atomic E-state index is 14.1. The average Bonchev–Trinajstić information content (AvgIpc) is 3.24. The van der Waals surface area contributed by atoms with Crippen LogP contribution < -0.4 is 10.6 Å². The van der Waals surface area contributed by atoms with Crippen molar-refractivity contribution in [2.45, 2.75) is 20.4 Å². The average molecular weight is 414 g/mol. The van der Waals surface area contributed by atoms with Gasteiger partial charge in [0.25, 0.3) is 5.91 Å². The quantitative estimate of drug-likeness (QED) is 0.615. The summed E-state index contributed by atoms with van der Waals surface area (Å²) in [6.07, 6.45) is 1.39. The number of nitrogens with zero attached hydrogens (tertiary/aromatic N) is 4. The Morgan fingerprint density at radius 3 is 2.60 bits per heavy atom. The van der Waals surface area contributed by atoms with Crippen LogP contribution in [-0.2, 0) is 18.4 Å². The molecule has 2 amide bonds. The number of carbonyl (C=O) groups is 2. The lowest BCUT2D eigenvalue weighted by Gasteiger charge is -2.16. The summed E-state index contributed by atoms with van der Waals surface area (Å²) in [5.41, 5.74) is 0.634. The predicted octanol–water partition coefficient (Wildman–Crippen LogP) is 2.49. The number of nitrogens with one attached hydrogen (secondary N) is 2. The van der Waals surface area contributed by atoms with Gasteiger partial charge < -0.3 is 19.6 Å². The van der Waals surface area contributed by atoms with Gasteiger partial charge in [0.2, 0.25) is 5.91 Å². The minimum absolute atomic E-state index is 0.0404. The molecule has 2 aromatic heterocycles. The highest BCUT2D eigenvalue weighted by Crippen LogP contribution is 2.21. The molecule has 30 heavy (non-hydrogen) atoms. The minimum Gasteiger partial charge on any atom is -0.469 e. The standard InChI is InChI=1S/C20H23FN6O3/c1-12-15(7-8-30-12)20(29)23-17-9-14(5-6-16(17)21)22-19(28)11-26(3)10-18-25-24-13(2)27(18)4/h5-9H,10-11H2,1-4H3,(H,22,28)(H,23,29). The van der Waals surface area contributed by atoms with E-state index in [9.17, 15) is 14.0 Å². The van der Waals surface area contributed by atoms with E-state index >= 15 is 0 Å². The minimum atomic E-state index is -0.614. The first-order chi connectivity index (χ1) is 14.2. The zero-order valence-electron chi connectivity index (χ0n) is 17.2. The van der Waals surface area contributed by atoms with Crippen molar-refractivity contribution in [3.8, 4) is 0 Å². The summed E-state index contributed by atoms with van der Waals surface area (Å²) in [4.78, 5) is 26.4. The zero-order valence-corrected chi connectivity index (χ0v) is 17.2. The number of carbonyl (C=O) groups excluding carboxylic acids is 2. The second kappa shape index (κ2) is 8.87. The van der Waals surface area contributed by atoms with Crippen LogP contribution in [0.4, 0.5) is 15.8 Å². The molecule has 1 aromatic carbocycles. The van der Waals surface area contributed by atoms with Gasteiger partial charge in [-0.3, -0.25) is 14.5 Å². The van der Waals surface area contributed by atoms with Crippen molar-refractivity contribution < 1.29 is 18.4 Å². The molecule has 9 nitrogen and oxygen atoms in total. The fourth-order valence-electron chi connectivity index (χ4n) is 2.84. The van der Waals surface area contributed by atoms with Crippen molar-refractivity contribution >= 4 is 23.2 Å². The van der Waals surface area contributed by atoms with E-state index in [1.165, 1.54) is 30.5 Å². The maximum Gasteiger partial charge on any atom is 0.259 e. The van der Waals surface area contributed by atoms with Crippen LogP contribution in [0.25, 0.3) is 0 Å². The van der Waals surface area contributed by atoms with Gasteiger partial charge in [0.05, 0.1) is 30.6 Å². The number of aromatic nitrogens is 3. The highest BCUT2D eigenvalue weighted by Gasteiger charge is 2.16. The third kappa shape index (κ3) is 4.90. The fraction of sp³-hybridized carbons (Fsp3) is 0.300. The summed E-state index contributed by atoms with van der Waals surface area (Å²) in [6.45, 7) is 4.03. The molecule has 0 bridgehead atoms. The Morgan fingerprint density at radius 2 is 1.97 bits per heavy atom. The second-order valence-electron chi connectivity index (χ2n) is 6.98. The molecule has 3 aromatic rings. The monoisotopic (exact) mass is 414 g/mol. The molecule has 0 atom stereocenters. The van der Waals surface area contributed by atoms with Crippen LogP contribution in [0.3, 0.4) is 0 Å². The van der Waals surface area contributed by atoms with Crippen molar-refractivity contribution in [2.75, 3.05) is 24.2 Å². The van der Waals surface area contributed by atoms with E-state index in [1.807, 2.05) is 18.5 Å². The highest BCUT2D eigenvalue weighted by atomic mass is 19.1. The zero-order chi connectivity index (χ0) is 21.8. The van der Waals surface area contributed by atoms with Crippen molar-refractivity contribution in [1.29, 1.82) is 0 Å². The van der Waals surface area contributed by atoms with Gasteiger partial charge in [0.1, 0.15) is 23.2 Å². The topological polar surface area (TPSA) is 105 Å². The van der Waals surface area contributed by atoms with Gasteiger partial charge in [-0.25, -0.2) is 4.39 Å². The molecule has 0 fully saturated rings. The van der Waals surface area contributed by atoms with E-state index in [1.54, 1.807) is 18.9 Å². The smallest absolute Gasteiger partial charge is 0.259 e. The Bertz CT molecular complexity index is 1070. The second-order valence-corrected chi connectivity index (χ2v) is 6.98. The Balaban J connectivity index is 1.61. The third-order valence-electron chi connectivity index (χ3n) is 4.61. The van der Waals surface area contributed by atoms with E-state index in [0.717, 1.165) is 11.6 Å². The number of aryl methyl sites for hydroxylation is 2. The van der Waals surface area contributed by atoms with Gasteiger partial charge >= 0.3 is 0 Å². The van der Waals surface area contributed by atoms with E-state index in [0.29, 0.717) is 23.6 Å². The molecule has 0 saturated heterocycles. The lowest BCUT2D eigenvalue weighted by Crippen LogP contribution is -2.30. The Kier molecular flexibility index (Phi) is 6.26.